The van der Waals surface area contributed by atoms with E-state index in [4.69, 9.17) is 39.5 Å². The van der Waals surface area contributed by atoms with Gasteiger partial charge in [-0.1, -0.05) is 46.9 Å². The van der Waals surface area contributed by atoms with Crippen molar-refractivity contribution in [3.63, 3.8) is 0 Å². The molecule has 1 aromatic heterocycles. The molecule has 8 heteroatoms. The minimum absolute atomic E-state index is 0.0364. The van der Waals surface area contributed by atoms with Crippen LogP contribution in [0.1, 0.15) is 12.5 Å². The van der Waals surface area contributed by atoms with Crippen molar-refractivity contribution in [2.45, 2.75) is 19.4 Å². The minimum Gasteiger partial charge on any atom is -0.452 e. The zero-order valence-electron chi connectivity index (χ0n) is 12.6. The zero-order chi connectivity index (χ0) is 17.7. The van der Waals surface area contributed by atoms with Gasteiger partial charge in [0, 0.05) is 11.2 Å². The third-order valence-corrected chi connectivity index (χ3v) is 3.74. The normalized spacial score (nSPS) is 11.7. The molecule has 5 nitrogen and oxygen atoms in total. The maximum Gasteiger partial charge on any atom is 0.311 e. The number of hydrogen-bond donors (Lipinski definition) is 1. The van der Waals surface area contributed by atoms with Crippen molar-refractivity contribution < 1.29 is 14.3 Å². The van der Waals surface area contributed by atoms with Gasteiger partial charge in [-0.25, -0.2) is 4.98 Å². The average molecular weight is 388 g/mol. The molecule has 0 fully saturated rings. The Labute approximate surface area is 153 Å². The van der Waals surface area contributed by atoms with E-state index >= 15 is 0 Å². The first-order chi connectivity index (χ1) is 11.3. The molecule has 2 rings (SSSR count). The van der Waals surface area contributed by atoms with E-state index in [0.29, 0.717) is 10.0 Å². The summed E-state index contributed by atoms with van der Waals surface area (Å²) in [6.07, 6.45) is 0.382. The molecule has 1 aromatic carbocycles. The summed E-state index contributed by atoms with van der Waals surface area (Å²) in [5, 5.41) is 3.59. The highest BCUT2D eigenvalue weighted by atomic mass is 35.5. The number of ether oxygens (including phenoxy) is 1. The molecule has 1 atom stereocenters. The van der Waals surface area contributed by atoms with E-state index in [9.17, 15) is 9.59 Å². The molecule has 0 spiro atoms. The van der Waals surface area contributed by atoms with Crippen LogP contribution in [0.2, 0.25) is 15.1 Å². The molecule has 0 radical (unpaired) electrons. The molecule has 2 aromatic rings. The highest BCUT2D eigenvalue weighted by molar-refractivity contribution is 6.36. The molecule has 24 heavy (non-hydrogen) atoms. The monoisotopic (exact) mass is 386 g/mol. The lowest BCUT2D eigenvalue weighted by Gasteiger charge is -2.14. The maximum absolute atomic E-state index is 12.0. The summed E-state index contributed by atoms with van der Waals surface area (Å²) in [6.45, 7) is 1.46. The zero-order valence-corrected chi connectivity index (χ0v) is 14.8. The summed E-state index contributed by atoms with van der Waals surface area (Å²) < 4.78 is 5.10. The number of anilines is 1. The van der Waals surface area contributed by atoms with Crippen LogP contribution >= 0.6 is 34.8 Å². The summed E-state index contributed by atoms with van der Waals surface area (Å²) in [4.78, 5) is 27.8. The molecule has 0 aliphatic carbocycles. The van der Waals surface area contributed by atoms with Crippen LogP contribution in [0.25, 0.3) is 0 Å². The number of esters is 1. The average Bonchev–Trinajstić information content (AvgIpc) is 2.52. The van der Waals surface area contributed by atoms with E-state index in [1.54, 1.807) is 24.3 Å². The highest BCUT2D eigenvalue weighted by Gasteiger charge is 2.19. The third kappa shape index (κ3) is 5.37. The molecule has 0 bridgehead atoms. The van der Waals surface area contributed by atoms with Crippen LogP contribution < -0.4 is 5.32 Å². The van der Waals surface area contributed by atoms with E-state index < -0.39 is 18.0 Å². The molecule has 0 saturated heterocycles. The number of nitrogens with zero attached hydrogens (tertiary/aromatic N) is 1. The fraction of sp³-hybridized carbons (Fsp3) is 0.188. The number of carbonyl (C=O) groups excluding carboxylic acids is 2. The van der Waals surface area contributed by atoms with Crippen LogP contribution in [0.15, 0.2) is 36.5 Å². The Bertz CT molecular complexity index is 751. The fourth-order valence-corrected chi connectivity index (χ4v) is 2.34. The molecule has 0 aliphatic heterocycles. The SMILES string of the molecule is CC(OC(=O)Cc1ccc(Cl)cc1)C(=O)Nc1ncc(Cl)cc1Cl. The number of carbonyl (C=O) groups is 2. The predicted molar refractivity (Wildman–Crippen MR) is 93.6 cm³/mol. The minimum atomic E-state index is -1.00. The van der Waals surface area contributed by atoms with Crippen molar-refractivity contribution in [1.82, 2.24) is 4.98 Å². The largest absolute Gasteiger partial charge is 0.452 e. The van der Waals surface area contributed by atoms with Crippen LogP contribution in [0, 0.1) is 0 Å². The molecular formula is C16H13Cl3N2O3. The van der Waals surface area contributed by atoms with Gasteiger partial charge in [0.1, 0.15) is 0 Å². The van der Waals surface area contributed by atoms with E-state index in [2.05, 4.69) is 10.3 Å². The first-order valence-corrected chi connectivity index (χ1v) is 8.04. The molecule has 1 heterocycles. The topological polar surface area (TPSA) is 68.3 Å². The Morgan fingerprint density at radius 3 is 2.46 bits per heavy atom. The summed E-state index contributed by atoms with van der Waals surface area (Å²) >= 11 is 17.4. The maximum atomic E-state index is 12.0. The van der Waals surface area contributed by atoms with Crippen molar-refractivity contribution in [1.29, 1.82) is 0 Å². The molecule has 126 valence electrons. The van der Waals surface area contributed by atoms with E-state index in [1.807, 2.05) is 0 Å². The third-order valence-electron chi connectivity index (χ3n) is 2.99. The van der Waals surface area contributed by atoms with E-state index in [-0.39, 0.29) is 17.3 Å². The van der Waals surface area contributed by atoms with Crippen molar-refractivity contribution >= 4 is 52.5 Å². The van der Waals surface area contributed by atoms with Crippen LogP contribution in [0.4, 0.5) is 5.82 Å². The molecule has 0 aliphatic rings. The Morgan fingerprint density at radius 1 is 1.17 bits per heavy atom. The Kier molecular flexibility index (Phi) is 6.43. The van der Waals surface area contributed by atoms with Crippen LogP contribution in [0.3, 0.4) is 0 Å². The number of benzene rings is 1. The van der Waals surface area contributed by atoms with Gasteiger partial charge in [-0.3, -0.25) is 9.59 Å². The van der Waals surface area contributed by atoms with E-state index in [0.717, 1.165) is 5.56 Å². The van der Waals surface area contributed by atoms with Gasteiger partial charge in [0.2, 0.25) is 0 Å². The van der Waals surface area contributed by atoms with Gasteiger partial charge in [-0.05, 0) is 30.7 Å². The fourth-order valence-electron chi connectivity index (χ4n) is 1.79. The number of halogens is 3. The summed E-state index contributed by atoms with van der Waals surface area (Å²) in [7, 11) is 0. The summed E-state index contributed by atoms with van der Waals surface area (Å²) in [6, 6.07) is 8.23. The van der Waals surface area contributed by atoms with E-state index in [1.165, 1.54) is 19.2 Å². The number of aromatic nitrogens is 1. The van der Waals surface area contributed by atoms with Crippen LogP contribution in [-0.4, -0.2) is 23.0 Å². The molecule has 1 N–H and O–H groups in total. The Hall–Kier alpha value is -1.82. The van der Waals surface area contributed by atoms with Gasteiger partial charge in [-0.2, -0.15) is 0 Å². The second kappa shape index (κ2) is 8.33. The number of nitrogens with one attached hydrogen (secondary N) is 1. The lowest BCUT2D eigenvalue weighted by molar-refractivity contribution is -0.152. The van der Waals surface area contributed by atoms with Crippen LogP contribution in [0.5, 0.6) is 0 Å². The first kappa shape index (κ1) is 18.5. The molecule has 1 unspecified atom stereocenters. The van der Waals surface area contributed by atoms with Gasteiger partial charge >= 0.3 is 5.97 Å². The van der Waals surface area contributed by atoms with Crippen molar-refractivity contribution in [3.05, 3.63) is 57.2 Å². The van der Waals surface area contributed by atoms with Crippen molar-refractivity contribution in [3.8, 4) is 0 Å². The van der Waals surface area contributed by atoms with Gasteiger partial charge in [-0.15, -0.1) is 0 Å². The number of amides is 1. The van der Waals surface area contributed by atoms with Gasteiger partial charge in [0.05, 0.1) is 16.5 Å². The first-order valence-electron chi connectivity index (χ1n) is 6.91. The highest BCUT2D eigenvalue weighted by Crippen LogP contribution is 2.22. The smallest absolute Gasteiger partial charge is 0.311 e. The second-order valence-corrected chi connectivity index (χ2v) is 6.19. The van der Waals surface area contributed by atoms with Gasteiger partial charge in [0.15, 0.2) is 11.9 Å². The molecule has 0 saturated carbocycles. The van der Waals surface area contributed by atoms with Crippen molar-refractivity contribution in [2.24, 2.45) is 0 Å². The lowest BCUT2D eigenvalue weighted by Crippen LogP contribution is -2.30. The predicted octanol–water partition coefficient (Wildman–Crippen LogP) is 4.15. The molecular weight excluding hydrogens is 375 g/mol. The van der Waals surface area contributed by atoms with Gasteiger partial charge in [0.25, 0.3) is 5.91 Å². The summed E-state index contributed by atoms with van der Waals surface area (Å²) in [5.74, 6) is -0.932. The second-order valence-electron chi connectivity index (χ2n) is 4.91. The Balaban J connectivity index is 1.90. The lowest BCUT2D eigenvalue weighted by atomic mass is 10.1. The number of pyridine rings is 1. The van der Waals surface area contributed by atoms with Crippen LogP contribution in [-0.2, 0) is 20.7 Å². The Morgan fingerprint density at radius 2 is 1.83 bits per heavy atom. The number of rotatable bonds is 5. The molecule has 1 amide bonds. The standard InChI is InChI=1S/C16H13Cl3N2O3/c1-9(16(23)21-15-13(19)7-12(18)8-20-15)24-14(22)6-10-2-4-11(17)5-3-10/h2-5,7-9H,6H2,1H3,(H,20,21,23). The quantitative estimate of drug-likeness (QED) is 0.782. The van der Waals surface area contributed by atoms with Gasteiger partial charge < -0.3 is 10.1 Å². The summed E-state index contributed by atoms with van der Waals surface area (Å²) in [5.41, 5.74) is 0.736. The van der Waals surface area contributed by atoms with Crippen molar-refractivity contribution in [2.75, 3.05) is 5.32 Å². The number of hydrogen-bond acceptors (Lipinski definition) is 4.